The number of hydrogen-bond acceptors (Lipinski definition) is 2. The molecular formula is C13H14FNO. The number of benzene rings is 1. The van der Waals surface area contributed by atoms with E-state index >= 15 is 0 Å². The molecule has 0 bridgehead atoms. The minimum atomic E-state index is -0.635. The predicted molar refractivity (Wildman–Crippen MR) is 59.5 cm³/mol. The van der Waals surface area contributed by atoms with Crippen LogP contribution in [0.2, 0.25) is 0 Å². The van der Waals surface area contributed by atoms with Gasteiger partial charge < -0.3 is 0 Å². The van der Waals surface area contributed by atoms with Crippen LogP contribution in [0.25, 0.3) is 0 Å². The van der Waals surface area contributed by atoms with Crippen LogP contribution in [0.5, 0.6) is 0 Å². The van der Waals surface area contributed by atoms with Gasteiger partial charge in [-0.1, -0.05) is 6.07 Å². The number of halogens is 1. The van der Waals surface area contributed by atoms with Crippen molar-refractivity contribution >= 4 is 6.08 Å². The molecule has 0 N–H and O–H groups in total. The number of rotatable bonds is 2. The monoisotopic (exact) mass is 219 g/mol. The maximum Gasteiger partial charge on any atom is 0.235 e. The number of nitrogens with zero attached hydrogens (tertiary/aromatic N) is 1. The zero-order valence-corrected chi connectivity index (χ0v) is 9.51. The largest absolute Gasteiger partial charge is 0.235 e. The highest BCUT2D eigenvalue weighted by Gasteiger charge is 2.41. The maximum absolute atomic E-state index is 13.9. The number of aliphatic imine (C=N–C) groups is 1. The molecule has 0 amide bonds. The first-order valence-corrected chi connectivity index (χ1v) is 5.45. The molecule has 0 spiro atoms. The Bertz CT molecular complexity index is 471. The highest BCUT2D eigenvalue weighted by atomic mass is 19.1. The van der Waals surface area contributed by atoms with Gasteiger partial charge in [-0.05, 0) is 50.3 Å². The van der Waals surface area contributed by atoms with Crippen molar-refractivity contribution in [3.63, 3.8) is 0 Å². The molecule has 16 heavy (non-hydrogen) atoms. The highest BCUT2D eigenvalue weighted by molar-refractivity contribution is 5.42. The van der Waals surface area contributed by atoms with Crippen LogP contribution < -0.4 is 0 Å². The van der Waals surface area contributed by atoms with Crippen LogP contribution in [-0.2, 0) is 10.3 Å². The fraction of sp³-hybridized carbons (Fsp3) is 0.462. The van der Waals surface area contributed by atoms with Crippen LogP contribution in [0.3, 0.4) is 0 Å². The molecule has 3 heteroatoms. The summed E-state index contributed by atoms with van der Waals surface area (Å²) in [6, 6.07) is 3.33. The summed E-state index contributed by atoms with van der Waals surface area (Å²) < 4.78 is 13.9. The second-order valence-corrected chi connectivity index (χ2v) is 4.50. The molecule has 0 radical (unpaired) electrons. The van der Waals surface area contributed by atoms with Crippen molar-refractivity contribution < 1.29 is 9.18 Å². The third kappa shape index (κ3) is 1.57. The van der Waals surface area contributed by atoms with Gasteiger partial charge in [0.25, 0.3) is 0 Å². The summed E-state index contributed by atoms with van der Waals surface area (Å²) in [5.74, 6) is -0.262. The van der Waals surface area contributed by atoms with Gasteiger partial charge in [0.1, 0.15) is 11.4 Å². The normalized spacial score (nSPS) is 17.4. The van der Waals surface area contributed by atoms with Crippen LogP contribution in [0.1, 0.15) is 36.0 Å². The van der Waals surface area contributed by atoms with Gasteiger partial charge in [0.15, 0.2) is 0 Å². The molecule has 0 aromatic heterocycles. The Labute approximate surface area is 94.2 Å². The van der Waals surface area contributed by atoms with E-state index in [1.54, 1.807) is 6.08 Å². The summed E-state index contributed by atoms with van der Waals surface area (Å²) in [6.07, 6.45) is 4.04. The van der Waals surface area contributed by atoms with E-state index in [4.69, 9.17) is 0 Å². The SMILES string of the molecule is Cc1cc(F)c(C2(N=C=O)CCC2)cc1C. The zero-order valence-electron chi connectivity index (χ0n) is 9.51. The molecule has 1 aliphatic rings. The second kappa shape index (κ2) is 3.84. The predicted octanol–water partition coefficient (Wildman–Crippen LogP) is 3.16. The van der Waals surface area contributed by atoms with E-state index in [1.807, 2.05) is 19.9 Å². The minimum absolute atomic E-state index is 0.262. The number of aryl methyl sites for hydroxylation is 2. The van der Waals surface area contributed by atoms with E-state index in [9.17, 15) is 9.18 Å². The van der Waals surface area contributed by atoms with E-state index in [-0.39, 0.29) is 5.82 Å². The smallest absolute Gasteiger partial charge is 0.211 e. The van der Waals surface area contributed by atoms with Gasteiger partial charge in [-0.3, -0.25) is 0 Å². The summed E-state index contributed by atoms with van der Waals surface area (Å²) in [6.45, 7) is 3.81. The summed E-state index contributed by atoms with van der Waals surface area (Å²) >= 11 is 0. The summed E-state index contributed by atoms with van der Waals surface area (Å²) in [5, 5.41) is 0. The topological polar surface area (TPSA) is 29.4 Å². The average molecular weight is 219 g/mol. The van der Waals surface area contributed by atoms with Gasteiger partial charge in [0.05, 0.1) is 0 Å². The first kappa shape index (κ1) is 11.0. The molecule has 84 valence electrons. The minimum Gasteiger partial charge on any atom is -0.211 e. The number of carbonyl (C=O) groups excluding carboxylic acids is 1. The van der Waals surface area contributed by atoms with Gasteiger partial charge >= 0.3 is 0 Å². The van der Waals surface area contributed by atoms with Crippen LogP contribution in [0.15, 0.2) is 17.1 Å². The molecule has 1 saturated carbocycles. The van der Waals surface area contributed by atoms with Crippen LogP contribution in [0, 0.1) is 19.7 Å². The van der Waals surface area contributed by atoms with Crippen molar-refractivity contribution in [2.45, 2.75) is 38.6 Å². The van der Waals surface area contributed by atoms with Crippen molar-refractivity contribution in [2.75, 3.05) is 0 Å². The van der Waals surface area contributed by atoms with E-state index in [0.717, 1.165) is 30.4 Å². The summed E-state index contributed by atoms with van der Waals surface area (Å²) in [7, 11) is 0. The van der Waals surface area contributed by atoms with Crippen molar-refractivity contribution in [1.29, 1.82) is 0 Å². The van der Waals surface area contributed by atoms with Gasteiger partial charge in [0, 0.05) is 5.56 Å². The molecule has 0 saturated heterocycles. The Morgan fingerprint density at radius 1 is 1.31 bits per heavy atom. The lowest BCUT2D eigenvalue weighted by Crippen LogP contribution is -2.33. The van der Waals surface area contributed by atoms with Crippen LogP contribution >= 0.6 is 0 Å². The quantitative estimate of drug-likeness (QED) is 0.555. The lowest BCUT2D eigenvalue weighted by molar-refractivity contribution is 0.247. The van der Waals surface area contributed by atoms with E-state index < -0.39 is 5.54 Å². The zero-order chi connectivity index (χ0) is 11.8. The highest BCUT2D eigenvalue weighted by Crippen LogP contribution is 2.46. The fourth-order valence-electron chi connectivity index (χ4n) is 2.18. The van der Waals surface area contributed by atoms with Gasteiger partial charge in [0.2, 0.25) is 6.08 Å². The Morgan fingerprint density at radius 2 is 1.94 bits per heavy atom. The Hall–Kier alpha value is -1.47. The van der Waals surface area contributed by atoms with Crippen molar-refractivity contribution in [3.05, 3.63) is 34.6 Å². The summed E-state index contributed by atoms with van der Waals surface area (Å²) in [4.78, 5) is 14.3. The molecule has 0 atom stereocenters. The Kier molecular flexibility index (Phi) is 2.64. The second-order valence-electron chi connectivity index (χ2n) is 4.50. The van der Waals surface area contributed by atoms with Gasteiger partial charge in [-0.15, -0.1) is 0 Å². The molecule has 0 aliphatic heterocycles. The van der Waals surface area contributed by atoms with Gasteiger partial charge in [-0.25, -0.2) is 9.18 Å². The molecule has 1 aromatic rings. The van der Waals surface area contributed by atoms with E-state index in [2.05, 4.69) is 4.99 Å². The third-order valence-electron chi connectivity index (χ3n) is 3.53. The third-order valence-corrected chi connectivity index (χ3v) is 3.53. The van der Waals surface area contributed by atoms with Crippen molar-refractivity contribution in [2.24, 2.45) is 4.99 Å². The molecule has 1 aromatic carbocycles. The number of isocyanates is 1. The Morgan fingerprint density at radius 3 is 2.44 bits per heavy atom. The molecular weight excluding hydrogens is 205 g/mol. The van der Waals surface area contributed by atoms with Crippen LogP contribution in [0.4, 0.5) is 4.39 Å². The molecule has 1 aliphatic carbocycles. The molecule has 2 rings (SSSR count). The van der Waals surface area contributed by atoms with Gasteiger partial charge in [-0.2, -0.15) is 4.99 Å². The van der Waals surface area contributed by atoms with Crippen molar-refractivity contribution in [3.8, 4) is 0 Å². The fourth-order valence-corrected chi connectivity index (χ4v) is 2.18. The van der Waals surface area contributed by atoms with Crippen molar-refractivity contribution in [1.82, 2.24) is 0 Å². The molecule has 1 fully saturated rings. The first-order valence-electron chi connectivity index (χ1n) is 5.45. The van der Waals surface area contributed by atoms with Crippen LogP contribution in [-0.4, -0.2) is 6.08 Å². The average Bonchev–Trinajstić information content (AvgIpc) is 2.18. The lowest BCUT2D eigenvalue weighted by atomic mass is 9.71. The maximum atomic E-state index is 13.9. The van der Waals surface area contributed by atoms with E-state index in [1.165, 1.54) is 6.07 Å². The molecule has 0 heterocycles. The lowest BCUT2D eigenvalue weighted by Gasteiger charge is -2.37. The summed E-state index contributed by atoms with van der Waals surface area (Å²) in [5.41, 5.74) is 1.87. The Balaban J connectivity index is 2.54. The number of hydrogen-bond donors (Lipinski definition) is 0. The molecule has 2 nitrogen and oxygen atoms in total. The van der Waals surface area contributed by atoms with E-state index in [0.29, 0.717) is 5.56 Å². The standard InChI is InChI=1S/C13H14FNO/c1-9-6-11(12(14)7-10(9)2)13(15-8-16)4-3-5-13/h6-7H,3-5H2,1-2H3. The molecule has 0 unspecified atom stereocenters. The first-order chi connectivity index (χ1) is 7.59.